The van der Waals surface area contributed by atoms with Crippen LogP contribution in [0, 0.1) is 5.92 Å². The maximum Gasteiger partial charge on any atom is 0.458 e. The third-order valence-corrected chi connectivity index (χ3v) is 4.36. The molecule has 1 heterocycles. The minimum atomic E-state index is -0.728. The van der Waals surface area contributed by atoms with Gasteiger partial charge in [-0.1, -0.05) is 50.3 Å². The molecule has 3 nitrogen and oxygen atoms in total. The van der Waals surface area contributed by atoms with Crippen LogP contribution in [0.5, 0.6) is 5.75 Å². The van der Waals surface area contributed by atoms with Gasteiger partial charge in [0, 0.05) is 6.32 Å². The number of benzene rings is 1. The van der Waals surface area contributed by atoms with Crippen molar-refractivity contribution >= 4 is 13.2 Å². The molecular weight excluding hydrogens is 299 g/mol. The lowest BCUT2D eigenvalue weighted by Gasteiger charge is -2.29. The summed E-state index contributed by atoms with van der Waals surface area (Å²) < 4.78 is 5.75. The molecule has 4 heteroatoms. The maximum absolute atomic E-state index is 9.81. The number of phenols is 1. The molecule has 1 aliphatic rings. The van der Waals surface area contributed by atoms with Crippen LogP contribution < -0.4 is 0 Å². The molecule has 0 amide bonds. The highest BCUT2D eigenvalue weighted by atomic mass is 16.5. The summed E-state index contributed by atoms with van der Waals surface area (Å²) in [5.41, 5.74) is 4.40. The Morgan fingerprint density at radius 2 is 2.21 bits per heavy atom. The molecule has 0 bridgehead atoms. The van der Waals surface area contributed by atoms with Crippen LogP contribution in [-0.2, 0) is 4.65 Å². The van der Waals surface area contributed by atoms with Gasteiger partial charge in [0.25, 0.3) is 0 Å². The van der Waals surface area contributed by atoms with E-state index in [9.17, 15) is 10.1 Å². The van der Waals surface area contributed by atoms with Gasteiger partial charge in [0.15, 0.2) is 0 Å². The molecule has 1 aromatic carbocycles. The van der Waals surface area contributed by atoms with E-state index in [1.807, 2.05) is 12.1 Å². The Labute approximate surface area is 145 Å². The molecular formula is C20H27BO3. The van der Waals surface area contributed by atoms with Crippen molar-refractivity contribution < 1.29 is 14.8 Å². The fraction of sp³-hybridized carbons (Fsp3) is 0.400. The van der Waals surface area contributed by atoms with E-state index in [2.05, 4.69) is 39.5 Å². The van der Waals surface area contributed by atoms with Crippen molar-refractivity contribution in [2.45, 2.75) is 46.0 Å². The summed E-state index contributed by atoms with van der Waals surface area (Å²) in [5.74, 6) is 0.635. The SMILES string of the molecule is C=C(C1=CCB(O)OC1CC/C(C)=C/c1cccc(O)c1)C(C)C. The van der Waals surface area contributed by atoms with Crippen molar-refractivity contribution in [2.24, 2.45) is 5.92 Å². The number of allylic oxidation sites excluding steroid dienone is 2. The second-order valence-electron chi connectivity index (χ2n) is 6.78. The molecule has 0 aliphatic carbocycles. The Morgan fingerprint density at radius 3 is 2.88 bits per heavy atom. The smallest absolute Gasteiger partial charge is 0.458 e. The van der Waals surface area contributed by atoms with Gasteiger partial charge in [0.2, 0.25) is 0 Å². The molecule has 1 unspecified atom stereocenters. The van der Waals surface area contributed by atoms with E-state index in [1.54, 1.807) is 12.1 Å². The monoisotopic (exact) mass is 326 g/mol. The third-order valence-electron chi connectivity index (χ3n) is 4.36. The molecule has 24 heavy (non-hydrogen) atoms. The number of hydrogen-bond acceptors (Lipinski definition) is 3. The van der Waals surface area contributed by atoms with Gasteiger partial charge in [-0.25, -0.2) is 0 Å². The summed E-state index contributed by atoms with van der Waals surface area (Å²) in [6.07, 6.45) is 6.20. The van der Waals surface area contributed by atoms with Crippen LogP contribution in [0.1, 0.15) is 39.2 Å². The van der Waals surface area contributed by atoms with Gasteiger partial charge >= 0.3 is 7.12 Å². The predicted molar refractivity (Wildman–Crippen MR) is 101 cm³/mol. The lowest BCUT2D eigenvalue weighted by molar-refractivity contribution is 0.182. The average molecular weight is 326 g/mol. The van der Waals surface area contributed by atoms with E-state index in [4.69, 9.17) is 4.65 Å². The quantitative estimate of drug-likeness (QED) is 0.752. The Hall–Kier alpha value is -1.78. The highest BCUT2D eigenvalue weighted by Crippen LogP contribution is 2.30. The fourth-order valence-electron chi connectivity index (χ4n) is 2.90. The number of aromatic hydroxyl groups is 1. The van der Waals surface area contributed by atoms with Crippen LogP contribution in [-0.4, -0.2) is 23.4 Å². The van der Waals surface area contributed by atoms with Crippen LogP contribution >= 0.6 is 0 Å². The number of hydrogen-bond donors (Lipinski definition) is 2. The summed E-state index contributed by atoms with van der Waals surface area (Å²) in [7, 11) is -0.728. The van der Waals surface area contributed by atoms with E-state index >= 15 is 0 Å². The van der Waals surface area contributed by atoms with Gasteiger partial charge in [-0.3, -0.25) is 0 Å². The molecule has 2 rings (SSSR count). The molecule has 0 aromatic heterocycles. The highest BCUT2D eigenvalue weighted by molar-refractivity contribution is 6.43. The maximum atomic E-state index is 9.81. The van der Waals surface area contributed by atoms with Crippen molar-refractivity contribution in [3.63, 3.8) is 0 Å². The van der Waals surface area contributed by atoms with Gasteiger partial charge in [0.05, 0.1) is 6.10 Å². The number of phenolic OH excluding ortho intramolecular Hbond substituents is 1. The Balaban J connectivity index is 2.04. The molecule has 0 spiro atoms. The Kier molecular flexibility index (Phi) is 6.47. The summed E-state index contributed by atoms with van der Waals surface area (Å²) in [6.45, 7) is 10.5. The first kappa shape index (κ1) is 18.6. The third kappa shape index (κ3) is 5.12. The second-order valence-corrected chi connectivity index (χ2v) is 6.78. The number of rotatable bonds is 6. The summed E-state index contributed by atoms with van der Waals surface area (Å²) >= 11 is 0. The van der Waals surface area contributed by atoms with Crippen LogP contribution in [0.2, 0.25) is 6.32 Å². The first-order valence-electron chi connectivity index (χ1n) is 8.55. The van der Waals surface area contributed by atoms with Gasteiger partial charge in [-0.2, -0.15) is 0 Å². The van der Waals surface area contributed by atoms with Gasteiger partial charge < -0.3 is 14.8 Å². The van der Waals surface area contributed by atoms with Crippen molar-refractivity contribution in [3.8, 4) is 5.75 Å². The van der Waals surface area contributed by atoms with Crippen LogP contribution in [0.25, 0.3) is 6.08 Å². The standard InChI is InChI=1S/C20H27BO3/c1-14(2)16(4)19-10-11-21(23)24-20(19)9-8-15(3)12-17-6-5-7-18(22)13-17/h5-7,10,12-14,20,22-23H,4,8-9,11H2,1-3H3/b15-12+. The normalized spacial score (nSPS) is 18.7. The van der Waals surface area contributed by atoms with Crippen molar-refractivity contribution in [1.29, 1.82) is 0 Å². The van der Waals surface area contributed by atoms with Crippen molar-refractivity contribution in [1.82, 2.24) is 0 Å². The minimum absolute atomic E-state index is 0.115. The molecule has 0 saturated heterocycles. The fourth-order valence-corrected chi connectivity index (χ4v) is 2.90. The minimum Gasteiger partial charge on any atom is -0.508 e. The zero-order valence-electron chi connectivity index (χ0n) is 14.8. The van der Waals surface area contributed by atoms with E-state index in [1.165, 1.54) is 5.57 Å². The Morgan fingerprint density at radius 1 is 1.46 bits per heavy atom. The predicted octanol–water partition coefficient (Wildman–Crippen LogP) is 4.59. The zero-order valence-corrected chi connectivity index (χ0v) is 14.8. The van der Waals surface area contributed by atoms with E-state index in [0.717, 1.165) is 29.6 Å². The molecule has 0 fully saturated rings. The zero-order chi connectivity index (χ0) is 17.7. The molecule has 2 N–H and O–H groups in total. The van der Waals surface area contributed by atoms with E-state index in [-0.39, 0.29) is 11.9 Å². The molecule has 0 radical (unpaired) electrons. The second kappa shape index (κ2) is 8.36. The molecule has 128 valence electrons. The highest BCUT2D eigenvalue weighted by Gasteiger charge is 2.28. The lowest BCUT2D eigenvalue weighted by atomic mass is 9.76. The first-order valence-corrected chi connectivity index (χ1v) is 8.55. The van der Waals surface area contributed by atoms with Gasteiger partial charge in [-0.15, -0.1) is 0 Å². The van der Waals surface area contributed by atoms with E-state index < -0.39 is 7.12 Å². The topological polar surface area (TPSA) is 49.7 Å². The van der Waals surface area contributed by atoms with Crippen molar-refractivity contribution in [3.05, 3.63) is 59.2 Å². The molecule has 0 saturated carbocycles. The van der Waals surface area contributed by atoms with Crippen LogP contribution in [0.15, 0.2) is 53.6 Å². The summed E-state index contributed by atoms with van der Waals surface area (Å²) in [4.78, 5) is 0. The van der Waals surface area contributed by atoms with Crippen LogP contribution in [0.4, 0.5) is 0 Å². The van der Waals surface area contributed by atoms with Gasteiger partial charge in [0.1, 0.15) is 5.75 Å². The lowest BCUT2D eigenvalue weighted by Crippen LogP contribution is -2.32. The van der Waals surface area contributed by atoms with Crippen LogP contribution in [0.3, 0.4) is 0 Å². The average Bonchev–Trinajstić information content (AvgIpc) is 2.52. The molecule has 1 aromatic rings. The summed E-state index contributed by atoms with van der Waals surface area (Å²) in [6, 6.07) is 7.22. The van der Waals surface area contributed by atoms with Crippen molar-refractivity contribution in [2.75, 3.05) is 0 Å². The molecule has 1 aliphatic heterocycles. The summed E-state index contributed by atoms with van der Waals surface area (Å²) in [5, 5.41) is 19.4. The Bertz CT molecular complexity index is 646. The largest absolute Gasteiger partial charge is 0.508 e. The molecule has 1 atom stereocenters. The first-order chi connectivity index (χ1) is 11.4. The van der Waals surface area contributed by atoms with E-state index in [0.29, 0.717) is 12.2 Å². The van der Waals surface area contributed by atoms with Gasteiger partial charge in [-0.05, 0) is 54.5 Å².